The van der Waals surface area contributed by atoms with Gasteiger partial charge in [-0.15, -0.1) is 11.8 Å². The Balaban J connectivity index is 2.34. The van der Waals surface area contributed by atoms with Crippen LogP contribution in [-0.4, -0.2) is 29.7 Å². The van der Waals surface area contributed by atoms with Crippen molar-refractivity contribution in [2.24, 2.45) is 0 Å². The van der Waals surface area contributed by atoms with Crippen molar-refractivity contribution in [2.75, 3.05) is 13.7 Å². The van der Waals surface area contributed by atoms with E-state index in [-0.39, 0.29) is 5.91 Å². The zero-order chi connectivity index (χ0) is 13.1. The Kier molecular flexibility index (Phi) is 3.97. The number of thioether (sulfide) groups is 1. The molecule has 18 heavy (non-hydrogen) atoms. The lowest BCUT2D eigenvalue weighted by Crippen LogP contribution is -2.32. The molecule has 0 saturated heterocycles. The highest BCUT2D eigenvalue weighted by Crippen LogP contribution is 2.33. The topological polar surface area (TPSA) is 29.5 Å². The molecule has 4 heteroatoms. The first-order chi connectivity index (χ1) is 8.63. The van der Waals surface area contributed by atoms with Gasteiger partial charge >= 0.3 is 0 Å². The number of ether oxygens (including phenoxy) is 1. The lowest BCUT2D eigenvalue weighted by atomic mass is 10.2. The van der Waals surface area contributed by atoms with E-state index in [9.17, 15) is 4.79 Å². The Morgan fingerprint density at radius 2 is 2.39 bits per heavy atom. The molecule has 0 fully saturated rings. The van der Waals surface area contributed by atoms with Gasteiger partial charge in [0.2, 0.25) is 5.91 Å². The summed E-state index contributed by atoms with van der Waals surface area (Å²) >= 11 is 1.80. The summed E-state index contributed by atoms with van der Waals surface area (Å²) in [4.78, 5) is 14.9. The Morgan fingerprint density at radius 3 is 3.06 bits per heavy atom. The summed E-state index contributed by atoms with van der Waals surface area (Å²) in [7, 11) is 1.65. The summed E-state index contributed by atoms with van der Waals surface area (Å²) in [5.41, 5.74) is 1.14. The Hall–Kier alpha value is -1.42. The first-order valence-corrected chi connectivity index (χ1v) is 6.77. The van der Waals surface area contributed by atoms with Crippen LogP contribution in [0.5, 0.6) is 5.75 Å². The second-order valence-corrected chi connectivity index (χ2v) is 5.81. The van der Waals surface area contributed by atoms with Crippen molar-refractivity contribution in [3.05, 3.63) is 36.4 Å². The average molecular weight is 263 g/mol. The number of fused-ring (bicyclic) bond motifs is 1. The summed E-state index contributed by atoms with van der Waals surface area (Å²) in [6, 6.07) is 6.03. The molecule has 0 bridgehead atoms. The van der Waals surface area contributed by atoms with Crippen molar-refractivity contribution in [3.8, 4) is 5.75 Å². The molecule has 1 heterocycles. The highest BCUT2D eigenvalue weighted by molar-refractivity contribution is 8.00. The third-order valence-corrected chi connectivity index (χ3v) is 4.12. The van der Waals surface area contributed by atoms with Gasteiger partial charge in [-0.3, -0.25) is 4.79 Å². The van der Waals surface area contributed by atoms with E-state index < -0.39 is 0 Å². The number of amides is 1. The number of nitrogens with zero attached hydrogens (tertiary/aromatic N) is 1. The molecule has 0 N–H and O–H groups in total. The van der Waals surface area contributed by atoms with Crippen LogP contribution in [0, 0.1) is 0 Å². The third kappa shape index (κ3) is 2.70. The number of benzene rings is 1. The quantitative estimate of drug-likeness (QED) is 0.768. The van der Waals surface area contributed by atoms with E-state index in [2.05, 4.69) is 19.6 Å². The molecule has 0 radical (unpaired) electrons. The number of rotatable bonds is 2. The molecule has 1 aromatic carbocycles. The number of carbonyl (C=O) groups is 1. The molecule has 0 aromatic heterocycles. The summed E-state index contributed by atoms with van der Waals surface area (Å²) < 4.78 is 5.24. The van der Waals surface area contributed by atoms with E-state index in [0.717, 1.165) is 17.9 Å². The molecule has 2 rings (SSSR count). The number of hydrogen-bond donors (Lipinski definition) is 0. The van der Waals surface area contributed by atoms with Crippen molar-refractivity contribution in [3.63, 3.8) is 0 Å². The van der Waals surface area contributed by atoms with Crippen molar-refractivity contribution in [2.45, 2.75) is 23.6 Å². The predicted molar refractivity (Wildman–Crippen MR) is 73.9 cm³/mol. The highest BCUT2D eigenvalue weighted by atomic mass is 32.2. The molecule has 0 spiro atoms. The molecular formula is C14H17NO2S. The number of hydrogen-bond acceptors (Lipinski definition) is 3. The molecule has 96 valence electrons. The van der Waals surface area contributed by atoms with Crippen LogP contribution >= 0.6 is 11.8 Å². The lowest BCUT2D eigenvalue weighted by Gasteiger charge is -2.20. The average Bonchev–Trinajstić information content (AvgIpc) is 2.54. The minimum Gasteiger partial charge on any atom is -0.497 e. The molecule has 1 aromatic rings. The summed E-state index contributed by atoms with van der Waals surface area (Å²) in [5, 5.41) is 0.378. The normalized spacial score (nSPS) is 18.8. The van der Waals surface area contributed by atoms with Crippen molar-refractivity contribution < 1.29 is 9.53 Å². The fourth-order valence-corrected chi connectivity index (χ4v) is 3.16. The monoisotopic (exact) mass is 263 g/mol. The van der Waals surface area contributed by atoms with E-state index in [1.807, 2.05) is 17.0 Å². The van der Waals surface area contributed by atoms with Crippen LogP contribution in [0.25, 0.3) is 0 Å². The fourth-order valence-electron chi connectivity index (χ4n) is 2.05. The third-order valence-electron chi connectivity index (χ3n) is 2.92. The second-order valence-electron chi connectivity index (χ2n) is 4.33. The van der Waals surface area contributed by atoms with Gasteiger partial charge in [0.25, 0.3) is 0 Å². The van der Waals surface area contributed by atoms with Crippen LogP contribution in [0.2, 0.25) is 0 Å². The standard InChI is InChI=1S/C14H17NO2S/c1-4-14(16)15-8-10(2)18-13-6-5-12(17-3)7-11(13)9-15/h4-7,10H,1,8-9H2,2-3H3/t10-/m0/s1. The van der Waals surface area contributed by atoms with Crippen LogP contribution in [-0.2, 0) is 11.3 Å². The predicted octanol–water partition coefficient (Wildman–Crippen LogP) is 2.70. The zero-order valence-corrected chi connectivity index (χ0v) is 11.5. The maximum absolute atomic E-state index is 11.8. The van der Waals surface area contributed by atoms with Gasteiger partial charge in [-0.05, 0) is 29.8 Å². The second kappa shape index (κ2) is 5.48. The Bertz CT molecular complexity index is 473. The van der Waals surface area contributed by atoms with Gasteiger partial charge in [0.05, 0.1) is 7.11 Å². The van der Waals surface area contributed by atoms with E-state index in [1.54, 1.807) is 18.9 Å². The first-order valence-electron chi connectivity index (χ1n) is 5.89. The SMILES string of the molecule is C=CC(=O)N1Cc2cc(OC)ccc2S[C@@H](C)C1. The Morgan fingerprint density at radius 1 is 1.61 bits per heavy atom. The molecule has 0 unspecified atom stereocenters. The van der Waals surface area contributed by atoms with E-state index >= 15 is 0 Å². The van der Waals surface area contributed by atoms with Gasteiger partial charge in [0, 0.05) is 23.2 Å². The van der Waals surface area contributed by atoms with Crippen molar-refractivity contribution >= 4 is 17.7 Å². The van der Waals surface area contributed by atoms with Gasteiger partial charge in [0.1, 0.15) is 5.75 Å². The maximum Gasteiger partial charge on any atom is 0.246 e. The molecule has 1 atom stereocenters. The molecule has 0 saturated carbocycles. The first kappa shape index (κ1) is 13.0. The van der Waals surface area contributed by atoms with Gasteiger partial charge in [-0.2, -0.15) is 0 Å². The minimum atomic E-state index is -0.0156. The van der Waals surface area contributed by atoms with Crippen LogP contribution < -0.4 is 4.74 Å². The van der Waals surface area contributed by atoms with E-state index in [4.69, 9.17) is 4.74 Å². The van der Waals surface area contributed by atoms with Crippen LogP contribution in [0.3, 0.4) is 0 Å². The maximum atomic E-state index is 11.8. The van der Waals surface area contributed by atoms with Gasteiger partial charge in [-0.25, -0.2) is 0 Å². The fraction of sp³-hybridized carbons (Fsp3) is 0.357. The smallest absolute Gasteiger partial charge is 0.246 e. The Labute approximate surface area is 112 Å². The van der Waals surface area contributed by atoms with Gasteiger partial charge < -0.3 is 9.64 Å². The molecule has 0 aliphatic carbocycles. The molecular weight excluding hydrogens is 246 g/mol. The minimum absolute atomic E-state index is 0.0156. The van der Waals surface area contributed by atoms with Crippen molar-refractivity contribution in [1.29, 1.82) is 0 Å². The van der Waals surface area contributed by atoms with E-state index in [0.29, 0.717) is 11.8 Å². The van der Waals surface area contributed by atoms with E-state index in [1.165, 1.54) is 11.0 Å². The van der Waals surface area contributed by atoms with Crippen LogP contribution in [0.15, 0.2) is 35.7 Å². The summed E-state index contributed by atoms with van der Waals surface area (Å²) in [6.07, 6.45) is 1.38. The molecule has 3 nitrogen and oxygen atoms in total. The largest absolute Gasteiger partial charge is 0.497 e. The van der Waals surface area contributed by atoms with Gasteiger partial charge in [0.15, 0.2) is 0 Å². The van der Waals surface area contributed by atoms with Crippen molar-refractivity contribution in [1.82, 2.24) is 4.90 Å². The number of methoxy groups -OCH3 is 1. The van der Waals surface area contributed by atoms with Crippen LogP contribution in [0.1, 0.15) is 12.5 Å². The highest BCUT2D eigenvalue weighted by Gasteiger charge is 2.22. The lowest BCUT2D eigenvalue weighted by molar-refractivity contribution is -0.126. The zero-order valence-electron chi connectivity index (χ0n) is 10.7. The summed E-state index contributed by atoms with van der Waals surface area (Å²) in [6.45, 7) is 7.05. The molecule has 1 aliphatic rings. The molecule has 1 amide bonds. The van der Waals surface area contributed by atoms with Crippen LogP contribution in [0.4, 0.5) is 0 Å². The number of carbonyl (C=O) groups excluding carboxylic acids is 1. The molecule has 1 aliphatic heterocycles. The summed E-state index contributed by atoms with van der Waals surface area (Å²) in [5.74, 6) is 0.813. The van der Waals surface area contributed by atoms with Gasteiger partial charge in [-0.1, -0.05) is 13.5 Å².